The van der Waals surface area contributed by atoms with Crippen LogP contribution in [0.2, 0.25) is 0 Å². The molecule has 1 aliphatic heterocycles. The highest BCUT2D eigenvalue weighted by molar-refractivity contribution is 6.02. The van der Waals surface area contributed by atoms with E-state index in [0.29, 0.717) is 31.3 Å². The quantitative estimate of drug-likeness (QED) is 0.423. The molecule has 0 aliphatic carbocycles. The van der Waals surface area contributed by atoms with E-state index < -0.39 is 0 Å². The summed E-state index contributed by atoms with van der Waals surface area (Å²) in [6, 6.07) is 10.5. The molecule has 0 bridgehead atoms. The molecule has 9 nitrogen and oxygen atoms in total. The maximum absolute atomic E-state index is 13.2. The lowest BCUT2D eigenvalue weighted by molar-refractivity contribution is -0.134. The fourth-order valence-corrected chi connectivity index (χ4v) is 4.99. The van der Waals surface area contributed by atoms with Crippen LogP contribution in [0.25, 0.3) is 21.9 Å². The standard InChI is InChI=1S/C25H25FN8O/c1-16-7-10-32(14-21(16)33-11-8-18-13-28-25-20(24(18)33)6-9-27-25)23(35)15-34-30-22(29-31-34)12-17-2-4-19(26)5-3-17/h2-6,8-9,11,13,16,21H,7,10,12,14-15H2,1H3,(H,27,28)/t16-,21+/m1/s1. The molecule has 6 rings (SSSR count). The summed E-state index contributed by atoms with van der Waals surface area (Å²) in [7, 11) is 0. The second-order valence-electron chi connectivity index (χ2n) is 9.24. The third-order valence-corrected chi connectivity index (χ3v) is 6.93. The van der Waals surface area contributed by atoms with Crippen LogP contribution in [0.5, 0.6) is 0 Å². The molecule has 1 N–H and O–H groups in total. The van der Waals surface area contributed by atoms with Crippen molar-refractivity contribution in [1.82, 2.24) is 39.6 Å². The molecule has 5 aromatic rings. The van der Waals surface area contributed by atoms with Gasteiger partial charge in [-0.2, -0.15) is 4.80 Å². The summed E-state index contributed by atoms with van der Waals surface area (Å²) < 4.78 is 15.4. The maximum atomic E-state index is 13.2. The zero-order valence-electron chi connectivity index (χ0n) is 19.3. The number of hydrogen-bond acceptors (Lipinski definition) is 5. The maximum Gasteiger partial charge on any atom is 0.246 e. The van der Waals surface area contributed by atoms with E-state index in [4.69, 9.17) is 0 Å². The number of likely N-dealkylation sites (tertiary alicyclic amines) is 1. The van der Waals surface area contributed by atoms with Gasteiger partial charge in [0.2, 0.25) is 5.91 Å². The van der Waals surface area contributed by atoms with Gasteiger partial charge in [0.15, 0.2) is 5.82 Å². The number of nitrogens with zero attached hydrogens (tertiary/aromatic N) is 7. The van der Waals surface area contributed by atoms with E-state index in [9.17, 15) is 9.18 Å². The lowest BCUT2D eigenvalue weighted by Gasteiger charge is -2.38. The third kappa shape index (κ3) is 4.05. The SMILES string of the molecule is C[C@@H]1CCN(C(=O)Cn2nnc(Cc3ccc(F)cc3)n2)C[C@@H]1n1ccc2cnc3[nH]ccc3c21. The number of H-pyrrole nitrogens is 1. The van der Waals surface area contributed by atoms with Gasteiger partial charge in [-0.3, -0.25) is 4.79 Å². The van der Waals surface area contributed by atoms with E-state index in [1.54, 1.807) is 12.1 Å². The van der Waals surface area contributed by atoms with Gasteiger partial charge in [0, 0.05) is 48.9 Å². The Morgan fingerprint density at radius 2 is 2.06 bits per heavy atom. The lowest BCUT2D eigenvalue weighted by Crippen LogP contribution is -2.45. The number of amides is 1. The van der Waals surface area contributed by atoms with Gasteiger partial charge in [-0.1, -0.05) is 19.1 Å². The summed E-state index contributed by atoms with van der Waals surface area (Å²) in [6.07, 6.45) is 7.25. The highest BCUT2D eigenvalue weighted by Gasteiger charge is 2.31. The van der Waals surface area contributed by atoms with Crippen molar-refractivity contribution in [3.63, 3.8) is 0 Å². The molecule has 0 radical (unpaired) electrons. The number of carbonyl (C=O) groups excluding carboxylic acids is 1. The lowest BCUT2D eigenvalue weighted by atomic mass is 9.93. The highest BCUT2D eigenvalue weighted by Crippen LogP contribution is 2.33. The zero-order valence-corrected chi connectivity index (χ0v) is 19.3. The van der Waals surface area contributed by atoms with Gasteiger partial charge < -0.3 is 14.5 Å². The second kappa shape index (κ2) is 8.61. The molecule has 4 aromatic heterocycles. The van der Waals surface area contributed by atoms with Crippen LogP contribution < -0.4 is 0 Å². The molecule has 178 valence electrons. The highest BCUT2D eigenvalue weighted by atomic mass is 19.1. The Balaban J connectivity index is 1.18. The Morgan fingerprint density at radius 3 is 2.91 bits per heavy atom. The van der Waals surface area contributed by atoms with Crippen LogP contribution in [-0.4, -0.2) is 58.6 Å². The Labute approximate surface area is 200 Å². The number of hydrogen-bond donors (Lipinski definition) is 1. The van der Waals surface area contributed by atoms with E-state index >= 15 is 0 Å². The number of piperidine rings is 1. The molecular weight excluding hydrogens is 447 g/mol. The largest absolute Gasteiger partial charge is 0.346 e. The summed E-state index contributed by atoms with van der Waals surface area (Å²) in [5.74, 6) is 0.603. The summed E-state index contributed by atoms with van der Waals surface area (Å²) in [6.45, 7) is 3.60. The van der Waals surface area contributed by atoms with Gasteiger partial charge in [0.05, 0.1) is 11.6 Å². The van der Waals surface area contributed by atoms with Crippen LogP contribution in [0.4, 0.5) is 4.39 Å². The topological polar surface area (TPSA) is 97.5 Å². The predicted octanol–water partition coefficient (Wildman–Crippen LogP) is 3.34. The smallest absolute Gasteiger partial charge is 0.246 e. The Morgan fingerprint density at radius 1 is 1.20 bits per heavy atom. The van der Waals surface area contributed by atoms with Crippen LogP contribution in [0.15, 0.2) is 55.0 Å². The number of pyridine rings is 1. The van der Waals surface area contributed by atoms with Crippen molar-refractivity contribution in [1.29, 1.82) is 0 Å². The average molecular weight is 473 g/mol. The predicted molar refractivity (Wildman–Crippen MR) is 128 cm³/mol. The minimum atomic E-state index is -0.285. The Bertz CT molecular complexity index is 1500. The molecule has 0 unspecified atom stereocenters. The van der Waals surface area contributed by atoms with Gasteiger partial charge in [0.25, 0.3) is 0 Å². The molecule has 1 fully saturated rings. The van der Waals surface area contributed by atoms with E-state index in [0.717, 1.165) is 33.9 Å². The number of aromatic nitrogens is 7. The number of tetrazole rings is 1. The van der Waals surface area contributed by atoms with E-state index in [1.165, 1.54) is 16.9 Å². The summed E-state index contributed by atoms with van der Waals surface area (Å²) in [4.78, 5) is 24.1. The number of rotatable bonds is 5. The first kappa shape index (κ1) is 21.5. The molecule has 1 aromatic carbocycles. The van der Waals surface area contributed by atoms with Crippen LogP contribution in [0.1, 0.15) is 30.8 Å². The summed E-state index contributed by atoms with van der Waals surface area (Å²) >= 11 is 0. The number of halogens is 1. The van der Waals surface area contributed by atoms with Crippen molar-refractivity contribution in [2.24, 2.45) is 5.92 Å². The van der Waals surface area contributed by atoms with Crippen LogP contribution in [0, 0.1) is 11.7 Å². The van der Waals surface area contributed by atoms with E-state index in [-0.39, 0.29) is 24.3 Å². The van der Waals surface area contributed by atoms with E-state index in [2.05, 4.69) is 55.2 Å². The van der Waals surface area contributed by atoms with Crippen LogP contribution >= 0.6 is 0 Å². The molecular formula is C25H25FN8O. The molecule has 5 heterocycles. The number of fused-ring (bicyclic) bond motifs is 3. The number of nitrogens with one attached hydrogen (secondary N) is 1. The minimum Gasteiger partial charge on any atom is -0.346 e. The van der Waals surface area contributed by atoms with Crippen molar-refractivity contribution in [2.75, 3.05) is 13.1 Å². The first-order valence-electron chi connectivity index (χ1n) is 11.8. The molecule has 1 aliphatic rings. The van der Waals surface area contributed by atoms with Crippen LogP contribution in [-0.2, 0) is 17.8 Å². The molecule has 1 amide bonds. The minimum absolute atomic E-state index is 0.0300. The normalized spacial score (nSPS) is 18.5. The fraction of sp³-hybridized carbons (Fsp3) is 0.320. The average Bonchev–Trinajstić information content (AvgIpc) is 3.60. The van der Waals surface area contributed by atoms with Crippen molar-refractivity contribution >= 4 is 27.8 Å². The van der Waals surface area contributed by atoms with Crippen LogP contribution in [0.3, 0.4) is 0 Å². The summed E-state index contributed by atoms with van der Waals surface area (Å²) in [5, 5.41) is 14.6. The second-order valence-corrected chi connectivity index (χ2v) is 9.24. The van der Waals surface area contributed by atoms with Crippen molar-refractivity contribution in [3.8, 4) is 0 Å². The Kier molecular flexibility index (Phi) is 5.28. The molecule has 35 heavy (non-hydrogen) atoms. The number of benzene rings is 1. The molecule has 0 saturated carbocycles. The van der Waals surface area contributed by atoms with Gasteiger partial charge in [-0.15, -0.1) is 10.2 Å². The molecule has 2 atom stereocenters. The first-order valence-corrected chi connectivity index (χ1v) is 11.8. The monoisotopic (exact) mass is 472 g/mol. The van der Waals surface area contributed by atoms with Gasteiger partial charge in [-0.05, 0) is 47.4 Å². The zero-order chi connectivity index (χ0) is 23.9. The first-order chi connectivity index (χ1) is 17.0. The van der Waals surface area contributed by atoms with E-state index in [1.807, 2.05) is 17.3 Å². The van der Waals surface area contributed by atoms with Gasteiger partial charge >= 0.3 is 0 Å². The van der Waals surface area contributed by atoms with Crippen molar-refractivity contribution < 1.29 is 9.18 Å². The van der Waals surface area contributed by atoms with Crippen molar-refractivity contribution in [3.05, 3.63) is 72.2 Å². The Hall–Kier alpha value is -4.08. The van der Waals surface area contributed by atoms with Crippen molar-refractivity contribution in [2.45, 2.75) is 32.4 Å². The molecule has 0 spiro atoms. The number of aromatic amines is 1. The molecule has 10 heteroatoms. The van der Waals surface area contributed by atoms with Gasteiger partial charge in [-0.25, -0.2) is 9.37 Å². The molecule has 1 saturated heterocycles. The summed E-state index contributed by atoms with van der Waals surface area (Å²) in [5.41, 5.74) is 2.89. The fourth-order valence-electron chi connectivity index (χ4n) is 4.99. The number of carbonyl (C=O) groups is 1. The van der Waals surface area contributed by atoms with Gasteiger partial charge in [0.1, 0.15) is 18.0 Å². The third-order valence-electron chi connectivity index (χ3n) is 6.93.